The van der Waals surface area contributed by atoms with Crippen molar-refractivity contribution in [3.63, 3.8) is 0 Å². The molecule has 3 rings (SSSR count). The first-order valence-corrected chi connectivity index (χ1v) is 9.82. The van der Waals surface area contributed by atoms with Gasteiger partial charge in [-0.25, -0.2) is 0 Å². The van der Waals surface area contributed by atoms with E-state index in [4.69, 9.17) is 4.74 Å². The number of likely N-dealkylation sites (N-methyl/N-ethyl adjacent to an activating group) is 1. The van der Waals surface area contributed by atoms with E-state index in [9.17, 15) is 4.79 Å². The molecule has 2 aromatic rings. The second-order valence-corrected chi connectivity index (χ2v) is 7.29. The Kier molecular flexibility index (Phi) is 6.35. The molecule has 1 saturated heterocycles. The average molecular weight is 369 g/mol. The van der Waals surface area contributed by atoms with Gasteiger partial charge in [-0.2, -0.15) is 0 Å². The number of nitrogens with zero attached hydrogens (tertiary/aromatic N) is 1. The van der Waals surface area contributed by atoms with E-state index < -0.39 is 0 Å². The Bertz CT molecular complexity index is 750. The van der Waals surface area contributed by atoms with Crippen molar-refractivity contribution in [3.05, 3.63) is 54.1 Å². The van der Waals surface area contributed by atoms with Crippen LogP contribution < -0.4 is 19.9 Å². The van der Waals surface area contributed by atoms with E-state index in [2.05, 4.69) is 29.3 Å². The largest absolute Gasteiger partial charge is 0.491 e. The number of piperazine rings is 1. The maximum atomic E-state index is 12.5. The predicted octanol–water partition coefficient (Wildman–Crippen LogP) is 2.45. The van der Waals surface area contributed by atoms with Crippen molar-refractivity contribution in [1.82, 2.24) is 0 Å². The van der Waals surface area contributed by atoms with Gasteiger partial charge in [-0.3, -0.25) is 4.79 Å². The van der Waals surface area contributed by atoms with E-state index in [1.54, 1.807) is 17.0 Å². The molecule has 2 aromatic carbocycles. The molecule has 144 valence electrons. The van der Waals surface area contributed by atoms with Crippen molar-refractivity contribution >= 4 is 17.3 Å². The van der Waals surface area contributed by atoms with Gasteiger partial charge >= 0.3 is 0 Å². The number of anilines is 2. The number of nitrogens with one attached hydrogen (secondary N) is 2. The lowest BCUT2D eigenvalue weighted by Crippen LogP contribution is -3.14. The Morgan fingerprint density at radius 3 is 2.48 bits per heavy atom. The van der Waals surface area contributed by atoms with Crippen LogP contribution in [0.2, 0.25) is 0 Å². The summed E-state index contributed by atoms with van der Waals surface area (Å²) in [5.41, 5.74) is 2.61. The summed E-state index contributed by atoms with van der Waals surface area (Å²) in [4.78, 5) is 16.6. The van der Waals surface area contributed by atoms with Gasteiger partial charge < -0.3 is 19.9 Å². The highest BCUT2D eigenvalue weighted by atomic mass is 16.5. The zero-order chi connectivity index (χ0) is 19.2. The van der Waals surface area contributed by atoms with Gasteiger partial charge in [-0.15, -0.1) is 0 Å². The molecule has 0 aromatic heterocycles. The standard InChI is InChI=1S/C22H29N3O2/c1-4-24-12-14-25(15-13-24)20-10-8-19(9-11-20)23-22(26)18-6-5-7-21(16-18)27-17(2)3/h5-11,16-17H,4,12-15H2,1-3H3,(H,23,26)/p+1. The number of amides is 1. The smallest absolute Gasteiger partial charge is 0.255 e. The molecule has 0 radical (unpaired) electrons. The molecule has 1 aliphatic rings. The summed E-state index contributed by atoms with van der Waals surface area (Å²) < 4.78 is 5.67. The van der Waals surface area contributed by atoms with Crippen LogP contribution in [0.1, 0.15) is 31.1 Å². The van der Waals surface area contributed by atoms with Gasteiger partial charge in [0, 0.05) is 16.9 Å². The molecule has 0 unspecified atom stereocenters. The maximum Gasteiger partial charge on any atom is 0.255 e. The molecule has 0 atom stereocenters. The fraction of sp³-hybridized carbons (Fsp3) is 0.409. The first-order valence-electron chi connectivity index (χ1n) is 9.82. The Hall–Kier alpha value is -2.53. The number of hydrogen-bond donors (Lipinski definition) is 2. The summed E-state index contributed by atoms with van der Waals surface area (Å²) in [6.07, 6.45) is 0.0802. The van der Waals surface area contributed by atoms with E-state index in [-0.39, 0.29) is 12.0 Å². The average Bonchev–Trinajstić information content (AvgIpc) is 2.68. The van der Waals surface area contributed by atoms with Gasteiger partial charge in [0.25, 0.3) is 5.91 Å². The molecule has 0 spiro atoms. The van der Waals surface area contributed by atoms with Crippen LogP contribution in [-0.2, 0) is 0 Å². The third kappa shape index (κ3) is 5.23. The third-order valence-corrected chi connectivity index (χ3v) is 4.93. The van der Waals surface area contributed by atoms with E-state index in [0.29, 0.717) is 11.3 Å². The lowest BCUT2D eigenvalue weighted by Gasteiger charge is -2.33. The monoisotopic (exact) mass is 368 g/mol. The number of carbonyl (C=O) groups excluding carboxylic acids is 1. The van der Waals surface area contributed by atoms with Crippen molar-refractivity contribution in [1.29, 1.82) is 0 Å². The fourth-order valence-electron chi connectivity index (χ4n) is 3.38. The topological polar surface area (TPSA) is 46.0 Å². The summed E-state index contributed by atoms with van der Waals surface area (Å²) >= 11 is 0. The van der Waals surface area contributed by atoms with Crippen molar-refractivity contribution in [3.8, 4) is 5.75 Å². The minimum absolute atomic E-state index is 0.0802. The van der Waals surface area contributed by atoms with Crippen LogP contribution in [-0.4, -0.2) is 44.7 Å². The number of rotatable bonds is 6. The number of quaternary nitrogens is 1. The normalized spacial score (nSPS) is 15.0. The zero-order valence-corrected chi connectivity index (χ0v) is 16.5. The Morgan fingerprint density at radius 2 is 1.85 bits per heavy atom. The molecule has 27 heavy (non-hydrogen) atoms. The molecule has 5 heteroatoms. The van der Waals surface area contributed by atoms with E-state index in [0.717, 1.165) is 18.8 Å². The highest BCUT2D eigenvalue weighted by molar-refractivity contribution is 6.04. The lowest BCUT2D eigenvalue weighted by atomic mass is 10.2. The Morgan fingerprint density at radius 1 is 1.15 bits per heavy atom. The Labute approximate surface area is 161 Å². The first kappa shape index (κ1) is 19.2. The second kappa shape index (κ2) is 8.91. The molecular weight excluding hydrogens is 338 g/mol. The summed E-state index contributed by atoms with van der Waals surface area (Å²) in [6.45, 7) is 11.9. The second-order valence-electron chi connectivity index (χ2n) is 7.29. The summed E-state index contributed by atoms with van der Waals surface area (Å²) in [5, 5.41) is 2.97. The highest BCUT2D eigenvalue weighted by Gasteiger charge is 2.18. The van der Waals surface area contributed by atoms with Crippen LogP contribution in [0.3, 0.4) is 0 Å². The van der Waals surface area contributed by atoms with Crippen LogP contribution in [0, 0.1) is 0 Å². The van der Waals surface area contributed by atoms with Crippen LogP contribution in [0.5, 0.6) is 5.75 Å². The summed E-state index contributed by atoms with van der Waals surface area (Å²) in [6, 6.07) is 15.4. The van der Waals surface area contributed by atoms with Crippen LogP contribution in [0.25, 0.3) is 0 Å². The molecule has 1 heterocycles. The van der Waals surface area contributed by atoms with Crippen molar-refractivity contribution in [2.45, 2.75) is 26.9 Å². The molecule has 5 nitrogen and oxygen atoms in total. The first-order chi connectivity index (χ1) is 13.0. The van der Waals surface area contributed by atoms with Gasteiger partial charge in [0.15, 0.2) is 0 Å². The predicted molar refractivity (Wildman–Crippen MR) is 110 cm³/mol. The molecule has 1 amide bonds. The van der Waals surface area contributed by atoms with Gasteiger partial charge in [0.2, 0.25) is 0 Å². The van der Waals surface area contributed by atoms with Crippen LogP contribution in [0.15, 0.2) is 48.5 Å². The van der Waals surface area contributed by atoms with E-state index in [1.807, 2.05) is 38.1 Å². The molecule has 0 saturated carbocycles. The molecule has 1 aliphatic heterocycles. The van der Waals surface area contributed by atoms with Gasteiger partial charge in [0.1, 0.15) is 5.75 Å². The highest BCUT2D eigenvalue weighted by Crippen LogP contribution is 2.20. The SMILES string of the molecule is CC[NH+]1CCN(c2ccc(NC(=O)c3cccc(OC(C)C)c3)cc2)CC1. The zero-order valence-electron chi connectivity index (χ0n) is 16.5. The molecule has 2 N–H and O–H groups in total. The Balaban J connectivity index is 1.60. The van der Waals surface area contributed by atoms with Crippen molar-refractivity contribution in [2.24, 2.45) is 0 Å². The van der Waals surface area contributed by atoms with Gasteiger partial charge in [0.05, 0.1) is 38.8 Å². The lowest BCUT2D eigenvalue weighted by molar-refractivity contribution is -0.898. The minimum Gasteiger partial charge on any atom is -0.491 e. The van der Waals surface area contributed by atoms with Gasteiger partial charge in [-0.05, 0) is 63.2 Å². The minimum atomic E-state index is -0.128. The maximum absolute atomic E-state index is 12.5. The fourth-order valence-corrected chi connectivity index (χ4v) is 3.38. The summed E-state index contributed by atoms with van der Waals surface area (Å²) in [5.74, 6) is 0.582. The van der Waals surface area contributed by atoms with Crippen LogP contribution in [0.4, 0.5) is 11.4 Å². The number of benzene rings is 2. The molecular formula is C22H30N3O2+. The molecule has 0 bridgehead atoms. The number of ether oxygens (including phenoxy) is 1. The molecule has 0 aliphatic carbocycles. The molecule has 1 fully saturated rings. The number of hydrogen-bond acceptors (Lipinski definition) is 3. The van der Waals surface area contributed by atoms with Crippen molar-refractivity contribution < 1.29 is 14.4 Å². The van der Waals surface area contributed by atoms with Crippen molar-refractivity contribution in [2.75, 3.05) is 42.9 Å². The van der Waals surface area contributed by atoms with E-state index >= 15 is 0 Å². The van der Waals surface area contributed by atoms with Crippen LogP contribution >= 0.6 is 0 Å². The number of carbonyl (C=O) groups is 1. The van der Waals surface area contributed by atoms with E-state index in [1.165, 1.54) is 25.3 Å². The van der Waals surface area contributed by atoms with Gasteiger partial charge in [-0.1, -0.05) is 6.07 Å². The quantitative estimate of drug-likeness (QED) is 0.823. The third-order valence-electron chi connectivity index (χ3n) is 4.93. The summed E-state index contributed by atoms with van der Waals surface area (Å²) in [7, 11) is 0.